The first-order valence-electron chi connectivity index (χ1n) is 4.37. The summed E-state index contributed by atoms with van der Waals surface area (Å²) in [6, 6.07) is 0. The number of hydrogen-bond acceptors (Lipinski definition) is 2. The predicted octanol–water partition coefficient (Wildman–Crippen LogP) is 2.88. The van der Waals surface area contributed by atoms with Crippen LogP contribution in [0.2, 0.25) is 0 Å². The molecule has 1 N–H and O–H groups in total. The maximum atomic E-state index is 11.7. The maximum absolute atomic E-state index is 11.7. The summed E-state index contributed by atoms with van der Waals surface area (Å²) in [7, 11) is 0. The minimum absolute atomic E-state index is 0.0676. The largest absolute Gasteiger partial charge is 0.441 e. The van der Waals surface area contributed by atoms with Gasteiger partial charge >= 0.3 is 5.51 Å². The van der Waals surface area contributed by atoms with Crippen LogP contribution in [0.5, 0.6) is 0 Å². The fourth-order valence-electron chi connectivity index (χ4n) is 0.869. The van der Waals surface area contributed by atoms with E-state index in [1.807, 2.05) is 13.8 Å². The molecule has 0 fully saturated rings. The molecule has 0 amide bonds. The molecule has 0 aromatic heterocycles. The number of halogens is 3. The van der Waals surface area contributed by atoms with Crippen LogP contribution in [-0.4, -0.2) is 24.4 Å². The van der Waals surface area contributed by atoms with E-state index in [-0.39, 0.29) is 17.5 Å². The third-order valence-corrected chi connectivity index (χ3v) is 2.39. The second-order valence-corrected chi connectivity index (χ2v) is 4.16. The molecule has 1 atom stereocenters. The van der Waals surface area contributed by atoms with E-state index in [1.54, 1.807) is 0 Å². The number of nitrogens with one attached hydrogen (secondary N) is 1. The Labute approximate surface area is 81.5 Å². The van der Waals surface area contributed by atoms with Crippen molar-refractivity contribution in [2.75, 3.05) is 18.8 Å². The third-order valence-electron chi connectivity index (χ3n) is 1.62. The van der Waals surface area contributed by atoms with E-state index in [9.17, 15) is 13.2 Å². The number of rotatable bonds is 6. The Bertz CT molecular complexity index is 127. The Morgan fingerprint density at radius 2 is 2.00 bits per heavy atom. The van der Waals surface area contributed by atoms with Crippen molar-refractivity contribution in [3.8, 4) is 0 Å². The van der Waals surface area contributed by atoms with E-state index < -0.39 is 5.51 Å². The van der Waals surface area contributed by atoms with E-state index in [2.05, 4.69) is 5.32 Å². The normalized spacial score (nSPS) is 14.5. The molecule has 0 rings (SSSR count). The van der Waals surface area contributed by atoms with E-state index in [4.69, 9.17) is 0 Å². The van der Waals surface area contributed by atoms with Crippen molar-refractivity contribution in [1.82, 2.24) is 5.32 Å². The molecule has 5 heteroatoms. The Morgan fingerprint density at radius 3 is 2.46 bits per heavy atom. The topological polar surface area (TPSA) is 12.0 Å². The van der Waals surface area contributed by atoms with E-state index >= 15 is 0 Å². The minimum atomic E-state index is -4.07. The predicted molar refractivity (Wildman–Crippen MR) is 50.8 cm³/mol. The second-order valence-electron chi connectivity index (χ2n) is 3.00. The highest BCUT2D eigenvalue weighted by molar-refractivity contribution is 8.00. The Balaban J connectivity index is 3.31. The van der Waals surface area contributed by atoms with Gasteiger partial charge in [-0.3, -0.25) is 0 Å². The third kappa shape index (κ3) is 10.0. The number of hydrogen-bond donors (Lipinski definition) is 1. The number of alkyl halides is 3. The van der Waals surface area contributed by atoms with Crippen molar-refractivity contribution in [2.24, 2.45) is 5.92 Å². The average Bonchev–Trinajstić information content (AvgIpc) is 1.98. The van der Waals surface area contributed by atoms with Crippen LogP contribution in [-0.2, 0) is 0 Å². The van der Waals surface area contributed by atoms with E-state index in [0.29, 0.717) is 12.3 Å². The molecule has 0 aliphatic heterocycles. The molecule has 1 nitrogen and oxygen atoms in total. The number of thioether (sulfide) groups is 1. The van der Waals surface area contributed by atoms with Crippen LogP contribution < -0.4 is 5.32 Å². The molecule has 0 spiro atoms. The van der Waals surface area contributed by atoms with Crippen LogP contribution in [0.4, 0.5) is 13.2 Å². The summed E-state index contributed by atoms with van der Waals surface area (Å²) in [6.45, 7) is 5.61. The first-order chi connectivity index (χ1) is 5.95. The zero-order valence-corrected chi connectivity index (χ0v) is 8.76. The lowest BCUT2D eigenvalue weighted by Crippen LogP contribution is -2.21. The standard InChI is InChI=1S/C8H16F3NS/c1-3-12-6-7(2)4-5-13-8(9,10)11/h7,12H,3-6H2,1-2H3. The van der Waals surface area contributed by atoms with Gasteiger partial charge in [0.2, 0.25) is 0 Å². The summed E-state index contributed by atoms with van der Waals surface area (Å²) in [5.41, 5.74) is -4.07. The van der Waals surface area contributed by atoms with Crippen molar-refractivity contribution in [3.63, 3.8) is 0 Å². The first-order valence-corrected chi connectivity index (χ1v) is 5.35. The molecule has 0 saturated heterocycles. The fourth-order valence-corrected chi connectivity index (χ4v) is 1.62. The van der Waals surface area contributed by atoms with Crippen molar-refractivity contribution in [1.29, 1.82) is 0 Å². The zero-order valence-electron chi connectivity index (χ0n) is 7.95. The summed E-state index contributed by atoms with van der Waals surface area (Å²) in [4.78, 5) is 0. The van der Waals surface area contributed by atoms with Gasteiger partial charge in [0.05, 0.1) is 0 Å². The van der Waals surface area contributed by atoms with Crippen molar-refractivity contribution < 1.29 is 13.2 Å². The Hall–Kier alpha value is 0.100. The van der Waals surface area contributed by atoms with Crippen molar-refractivity contribution in [3.05, 3.63) is 0 Å². The SMILES string of the molecule is CCNCC(C)CCSC(F)(F)F. The lowest BCUT2D eigenvalue weighted by atomic mass is 10.1. The van der Waals surface area contributed by atoms with Crippen LogP contribution in [0.25, 0.3) is 0 Å². The Morgan fingerprint density at radius 1 is 1.38 bits per heavy atom. The van der Waals surface area contributed by atoms with Gasteiger partial charge in [0, 0.05) is 5.75 Å². The molecular formula is C8H16F3NS. The minimum Gasteiger partial charge on any atom is -0.317 e. The molecular weight excluding hydrogens is 199 g/mol. The average molecular weight is 215 g/mol. The smallest absolute Gasteiger partial charge is 0.317 e. The van der Waals surface area contributed by atoms with Gasteiger partial charge in [0.25, 0.3) is 0 Å². The summed E-state index contributed by atoms with van der Waals surface area (Å²) in [5.74, 6) is 0.477. The molecule has 13 heavy (non-hydrogen) atoms. The summed E-state index contributed by atoms with van der Waals surface area (Å²) < 4.78 is 35.1. The molecule has 80 valence electrons. The molecule has 0 heterocycles. The highest BCUT2D eigenvalue weighted by atomic mass is 32.2. The van der Waals surface area contributed by atoms with Crippen LogP contribution in [0.15, 0.2) is 0 Å². The monoisotopic (exact) mass is 215 g/mol. The van der Waals surface area contributed by atoms with Gasteiger partial charge in [-0.25, -0.2) is 0 Å². The van der Waals surface area contributed by atoms with Crippen LogP contribution in [0.1, 0.15) is 20.3 Å². The van der Waals surface area contributed by atoms with Crippen LogP contribution in [0, 0.1) is 5.92 Å². The van der Waals surface area contributed by atoms with E-state index in [1.165, 1.54) is 0 Å². The molecule has 0 aliphatic carbocycles. The fraction of sp³-hybridized carbons (Fsp3) is 1.00. The summed E-state index contributed by atoms with van der Waals surface area (Å²) in [6.07, 6.45) is 0.608. The zero-order chi connectivity index (χ0) is 10.3. The Kier molecular flexibility index (Phi) is 6.59. The summed E-state index contributed by atoms with van der Waals surface area (Å²) in [5, 5.41) is 3.11. The summed E-state index contributed by atoms with van der Waals surface area (Å²) >= 11 is 0.0676. The van der Waals surface area contributed by atoms with Gasteiger partial charge in [-0.15, -0.1) is 0 Å². The molecule has 0 aliphatic rings. The lowest BCUT2D eigenvalue weighted by Gasteiger charge is -2.11. The first kappa shape index (κ1) is 13.1. The molecule has 0 radical (unpaired) electrons. The highest BCUT2D eigenvalue weighted by Gasteiger charge is 2.27. The van der Waals surface area contributed by atoms with Gasteiger partial charge < -0.3 is 5.32 Å². The molecule has 0 aromatic carbocycles. The second kappa shape index (κ2) is 6.54. The maximum Gasteiger partial charge on any atom is 0.441 e. The van der Waals surface area contributed by atoms with Gasteiger partial charge in [-0.2, -0.15) is 13.2 Å². The van der Waals surface area contributed by atoms with Crippen molar-refractivity contribution >= 4 is 11.8 Å². The highest BCUT2D eigenvalue weighted by Crippen LogP contribution is 2.31. The van der Waals surface area contributed by atoms with Gasteiger partial charge in [0.15, 0.2) is 0 Å². The lowest BCUT2D eigenvalue weighted by molar-refractivity contribution is -0.0328. The quantitative estimate of drug-likeness (QED) is 0.731. The van der Waals surface area contributed by atoms with Crippen molar-refractivity contribution in [2.45, 2.75) is 25.8 Å². The van der Waals surface area contributed by atoms with Crippen LogP contribution in [0.3, 0.4) is 0 Å². The van der Waals surface area contributed by atoms with Gasteiger partial charge in [-0.1, -0.05) is 25.6 Å². The van der Waals surface area contributed by atoms with Gasteiger partial charge in [-0.05, 0) is 25.4 Å². The molecule has 0 aromatic rings. The van der Waals surface area contributed by atoms with Crippen LogP contribution >= 0.6 is 11.8 Å². The van der Waals surface area contributed by atoms with E-state index in [0.717, 1.165) is 13.1 Å². The molecule has 0 bridgehead atoms. The van der Waals surface area contributed by atoms with Gasteiger partial charge in [0.1, 0.15) is 0 Å². The molecule has 1 unspecified atom stereocenters. The molecule has 0 saturated carbocycles.